The second kappa shape index (κ2) is 20.9. The number of unbranched alkanes of at least 4 members (excludes halogenated alkanes) is 8. The first kappa shape index (κ1) is 43.1. The van der Waals surface area contributed by atoms with Crippen molar-refractivity contribution in [2.75, 3.05) is 22.9 Å². The molecule has 0 bridgehead atoms. The summed E-state index contributed by atoms with van der Waals surface area (Å²) in [5, 5.41) is 0. The molecule has 0 aliphatic carbocycles. The normalized spacial score (nSPS) is 16.4. The van der Waals surface area contributed by atoms with E-state index in [2.05, 4.69) is 87.7 Å². The fraction of sp³-hybridized carbons (Fsp3) is 0.583. The van der Waals surface area contributed by atoms with Crippen molar-refractivity contribution >= 4 is 79.7 Å². The van der Waals surface area contributed by atoms with Gasteiger partial charge in [-0.15, -0.1) is 45.3 Å². The monoisotopic (exact) mass is 830 g/mol. The molecule has 2 aliphatic rings. The first-order valence-corrected chi connectivity index (χ1v) is 25.3. The minimum absolute atomic E-state index is 0.0233. The van der Waals surface area contributed by atoms with E-state index in [1.54, 1.807) is 22.7 Å². The number of fused-ring (bicyclic) bond motifs is 2. The first-order valence-electron chi connectivity index (χ1n) is 22.1. The summed E-state index contributed by atoms with van der Waals surface area (Å²) in [6, 6.07) is 13.3. The Hall–Kier alpha value is -2.52. The van der Waals surface area contributed by atoms with Crippen LogP contribution in [-0.4, -0.2) is 24.9 Å². The van der Waals surface area contributed by atoms with Crippen molar-refractivity contribution in [1.82, 2.24) is 0 Å². The molecule has 0 saturated heterocycles. The Morgan fingerprint density at radius 1 is 0.464 bits per heavy atom. The molecular formula is C48H66N2O2S4. The Morgan fingerprint density at radius 2 is 0.857 bits per heavy atom. The van der Waals surface area contributed by atoms with Crippen LogP contribution >= 0.6 is 45.3 Å². The summed E-state index contributed by atoms with van der Waals surface area (Å²) in [6.07, 6.45) is 22.1. The summed E-state index contributed by atoms with van der Waals surface area (Å²) < 4.78 is 0. The lowest BCUT2D eigenvalue weighted by Crippen LogP contribution is -2.31. The van der Waals surface area contributed by atoms with Gasteiger partial charge in [-0.3, -0.25) is 9.59 Å². The van der Waals surface area contributed by atoms with Gasteiger partial charge >= 0.3 is 0 Å². The van der Waals surface area contributed by atoms with E-state index in [-0.39, 0.29) is 11.8 Å². The Kier molecular flexibility index (Phi) is 16.1. The quantitative estimate of drug-likeness (QED) is 0.0521. The molecule has 0 N–H and O–H groups in total. The molecule has 0 spiro atoms. The van der Waals surface area contributed by atoms with Gasteiger partial charge in [-0.1, -0.05) is 130 Å². The van der Waals surface area contributed by atoms with Gasteiger partial charge in [-0.25, -0.2) is 0 Å². The van der Waals surface area contributed by atoms with E-state index in [1.807, 2.05) is 22.7 Å². The van der Waals surface area contributed by atoms with Gasteiger partial charge in [-0.2, -0.15) is 0 Å². The lowest BCUT2D eigenvalue weighted by Gasteiger charge is -2.22. The Bertz CT molecular complexity index is 1790. The molecule has 56 heavy (non-hydrogen) atoms. The first-order chi connectivity index (χ1) is 27.3. The number of rotatable bonds is 24. The van der Waals surface area contributed by atoms with Crippen molar-refractivity contribution in [3.05, 3.63) is 55.9 Å². The Balaban J connectivity index is 1.37. The number of hydrogen-bond donors (Lipinski definition) is 0. The van der Waals surface area contributed by atoms with Gasteiger partial charge in [0, 0.05) is 42.4 Å². The van der Waals surface area contributed by atoms with Crippen LogP contribution in [0.2, 0.25) is 0 Å². The summed E-state index contributed by atoms with van der Waals surface area (Å²) >= 11 is 7.03. The lowest BCUT2D eigenvalue weighted by molar-refractivity contribution is -0.114. The molecule has 0 radical (unpaired) electrons. The van der Waals surface area contributed by atoms with E-state index in [0.29, 0.717) is 36.1 Å². The zero-order valence-corrected chi connectivity index (χ0v) is 38.4. The zero-order valence-electron chi connectivity index (χ0n) is 35.1. The smallest absolute Gasteiger partial charge is 0.260 e. The molecular weight excluding hydrogens is 765 g/mol. The van der Waals surface area contributed by atoms with Crippen LogP contribution in [0.5, 0.6) is 0 Å². The second-order valence-electron chi connectivity index (χ2n) is 16.4. The van der Waals surface area contributed by atoms with Crippen LogP contribution in [0, 0.1) is 25.7 Å². The molecule has 304 valence electrons. The molecule has 4 aromatic heterocycles. The summed E-state index contributed by atoms with van der Waals surface area (Å²) in [5.41, 5.74) is 3.30. The molecule has 0 saturated carbocycles. The second-order valence-corrected chi connectivity index (χ2v) is 21.1. The standard InChI is InChI=1S/C48H66N2O2S4/c1-7-11-15-17-21-35(19-13-9-3)27-29-49-37-31-41(39-25-23-33(5)53-39)55-45(37)43(47(49)51)44-46-38(32-42(56-46)40-26-24-34(6)54-40)50(48(44)52)30-28-36(20-14-10-4)22-18-16-12-8-2/h23-26,31-32,35-36H,7-22,27-30H2,1-6H3/b44-43+. The van der Waals surface area contributed by atoms with Gasteiger partial charge < -0.3 is 9.80 Å². The van der Waals surface area contributed by atoms with Crippen LogP contribution in [0.4, 0.5) is 11.4 Å². The van der Waals surface area contributed by atoms with Crippen molar-refractivity contribution in [2.45, 2.75) is 157 Å². The van der Waals surface area contributed by atoms with Crippen molar-refractivity contribution in [3.8, 4) is 19.5 Å². The van der Waals surface area contributed by atoms with Gasteiger partial charge in [0.05, 0.1) is 32.3 Å². The summed E-state index contributed by atoms with van der Waals surface area (Å²) in [7, 11) is 0. The van der Waals surface area contributed by atoms with Gasteiger partial charge in [0.1, 0.15) is 0 Å². The molecule has 6 rings (SSSR count). The molecule has 4 aromatic rings. The number of thiophene rings is 4. The molecule has 8 heteroatoms. The highest BCUT2D eigenvalue weighted by atomic mass is 32.1. The van der Waals surface area contributed by atoms with Gasteiger partial charge in [0.25, 0.3) is 11.8 Å². The number of hydrogen-bond acceptors (Lipinski definition) is 6. The highest BCUT2D eigenvalue weighted by Crippen LogP contribution is 2.55. The number of amides is 2. The summed E-state index contributed by atoms with van der Waals surface area (Å²) in [5.74, 6) is 1.28. The molecule has 0 fully saturated rings. The SMILES string of the molecule is CCCCCCC(CCCC)CCN1C(=O)/C(=C2/C(=O)N(CCC(CCCC)CCCCCC)c3cc(-c4ccc(C)s4)sc32)c2sc(-c3ccc(C)s3)cc21. The van der Waals surface area contributed by atoms with Crippen LogP contribution in [0.25, 0.3) is 30.7 Å². The van der Waals surface area contributed by atoms with Crippen LogP contribution in [0.3, 0.4) is 0 Å². The minimum Gasteiger partial charge on any atom is -0.307 e. The van der Waals surface area contributed by atoms with E-state index in [9.17, 15) is 9.59 Å². The number of carbonyl (C=O) groups excluding carboxylic acids is 2. The lowest BCUT2D eigenvalue weighted by atomic mass is 9.92. The topological polar surface area (TPSA) is 40.6 Å². The Morgan fingerprint density at radius 3 is 1.21 bits per heavy atom. The van der Waals surface area contributed by atoms with E-state index < -0.39 is 0 Å². The number of nitrogens with zero attached hydrogens (tertiary/aromatic N) is 2. The van der Waals surface area contributed by atoms with Gasteiger partial charge in [0.2, 0.25) is 0 Å². The third-order valence-corrected chi connectivity index (χ3v) is 16.7. The van der Waals surface area contributed by atoms with Crippen molar-refractivity contribution in [2.24, 2.45) is 11.8 Å². The molecule has 2 aliphatic heterocycles. The van der Waals surface area contributed by atoms with Crippen LogP contribution in [0.1, 0.15) is 163 Å². The molecule has 2 amide bonds. The average molecular weight is 831 g/mol. The van der Waals surface area contributed by atoms with Crippen LogP contribution in [0.15, 0.2) is 36.4 Å². The molecule has 6 heterocycles. The highest BCUT2D eigenvalue weighted by Gasteiger charge is 2.45. The number of carbonyl (C=O) groups is 2. The number of anilines is 2. The van der Waals surface area contributed by atoms with Crippen LogP contribution in [-0.2, 0) is 9.59 Å². The molecule has 2 atom stereocenters. The fourth-order valence-electron chi connectivity index (χ4n) is 8.66. The summed E-state index contributed by atoms with van der Waals surface area (Å²) in [6.45, 7) is 14.9. The van der Waals surface area contributed by atoms with Crippen molar-refractivity contribution < 1.29 is 9.59 Å². The zero-order chi connectivity index (χ0) is 39.6. The molecule has 2 unspecified atom stereocenters. The highest BCUT2D eigenvalue weighted by molar-refractivity contribution is 7.24. The predicted octanol–water partition coefficient (Wildman–Crippen LogP) is 15.8. The molecule has 0 aromatic carbocycles. The molecule has 4 nitrogen and oxygen atoms in total. The predicted molar refractivity (Wildman–Crippen MR) is 249 cm³/mol. The van der Waals surface area contributed by atoms with Gasteiger partial charge in [-0.05, 0) is 74.9 Å². The summed E-state index contributed by atoms with van der Waals surface area (Å²) in [4.78, 5) is 43.5. The van der Waals surface area contributed by atoms with Crippen molar-refractivity contribution in [3.63, 3.8) is 0 Å². The van der Waals surface area contributed by atoms with E-state index in [1.165, 1.54) is 132 Å². The van der Waals surface area contributed by atoms with Crippen molar-refractivity contribution in [1.29, 1.82) is 0 Å². The fourth-order valence-corrected chi connectivity index (χ4v) is 13.0. The minimum atomic E-state index is 0.0233. The van der Waals surface area contributed by atoms with E-state index in [4.69, 9.17) is 0 Å². The van der Waals surface area contributed by atoms with Crippen LogP contribution < -0.4 is 9.80 Å². The maximum absolute atomic E-state index is 15.0. The maximum atomic E-state index is 15.0. The maximum Gasteiger partial charge on any atom is 0.260 e. The number of aryl methyl sites for hydroxylation is 2. The van der Waals surface area contributed by atoms with E-state index in [0.717, 1.165) is 34.0 Å². The average Bonchev–Trinajstić information content (AvgIpc) is 4.05. The largest absolute Gasteiger partial charge is 0.307 e. The third kappa shape index (κ3) is 10.2. The van der Waals surface area contributed by atoms with E-state index >= 15 is 0 Å². The third-order valence-electron chi connectivity index (χ3n) is 12.0. The van der Waals surface area contributed by atoms with Gasteiger partial charge in [0.15, 0.2) is 0 Å². The Labute approximate surface area is 354 Å².